The van der Waals surface area contributed by atoms with Crippen LogP contribution in [0.2, 0.25) is 0 Å². The van der Waals surface area contributed by atoms with E-state index in [4.69, 9.17) is 11.5 Å². The molecule has 0 unspecified atom stereocenters. The lowest BCUT2D eigenvalue weighted by atomic mass is 10.1. The van der Waals surface area contributed by atoms with E-state index in [2.05, 4.69) is 5.32 Å². The van der Waals surface area contributed by atoms with E-state index in [-0.39, 0.29) is 5.75 Å². The van der Waals surface area contributed by atoms with Gasteiger partial charge in [-0.15, -0.1) is 0 Å². The molecule has 0 aliphatic heterocycles. The molecule has 0 amide bonds. The molecule has 0 aliphatic carbocycles. The van der Waals surface area contributed by atoms with Crippen molar-refractivity contribution in [1.29, 1.82) is 0 Å². The minimum Gasteiger partial charge on any atom is -0.508 e. The molecule has 0 fully saturated rings. The first-order valence-electron chi connectivity index (χ1n) is 5.28. The number of benzene rings is 2. The summed E-state index contributed by atoms with van der Waals surface area (Å²) in [5.74, 6) is 0.248. The Morgan fingerprint density at radius 2 is 1.71 bits per heavy atom. The summed E-state index contributed by atoms with van der Waals surface area (Å²) >= 11 is 0. The average molecular weight is 229 g/mol. The third kappa shape index (κ3) is 2.42. The van der Waals surface area contributed by atoms with E-state index in [9.17, 15) is 5.11 Å². The highest BCUT2D eigenvalue weighted by atomic mass is 16.3. The van der Waals surface area contributed by atoms with Gasteiger partial charge in [0.2, 0.25) is 0 Å². The van der Waals surface area contributed by atoms with Crippen molar-refractivity contribution in [2.75, 3.05) is 16.8 Å². The van der Waals surface area contributed by atoms with Gasteiger partial charge < -0.3 is 21.9 Å². The fraction of sp³-hybridized carbons (Fsp3) is 0.0769. The van der Waals surface area contributed by atoms with Crippen LogP contribution in [-0.4, -0.2) is 5.11 Å². The maximum Gasteiger partial charge on any atom is 0.115 e. The Balaban J connectivity index is 2.31. The summed E-state index contributed by atoms with van der Waals surface area (Å²) in [4.78, 5) is 0. The smallest absolute Gasteiger partial charge is 0.115 e. The van der Waals surface area contributed by atoms with Crippen molar-refractivity contribution in [3.63, 3.8) is 0 Å². The zero-order valence-corrected chi connectivity index (χ0v) is 9.57. The van der Waals surface area contributed by atoms with Crippen LogP contribution in [0.5, 0.6) is 5.75 Å². The van der Waals surface area contributed by atoms with Crippen LogP contribution in [0.3, 0.4) is 0 Å². The van der Waals surface area contributed by atoms with Crippen LogP contribution < -0.4 is 16.8 Å². The lowest BCUT2D eigenvalue weighted by Crippen LogP contribution is -1.98. The Kier molecular flexibility index (Phi) is 2.78. The maximum absolute atomic E-state index is 9.33. The molecule has 88 valence electrons. The summed E-state index contributed by atoms with van der Waals surface area (Å²) in [6, 6.07) is 10.4. The number of aryl methyl sites for hydroxylation is 1. The van der Waals surface area contributed by atoms with Gasteiger partial charge in [0.1, 0.15) is 5.75 Å². The van der Waals surface area contributed by atoms with Gasteiger partial charge in [0.25, 0.3) is 0 Å². The molecule has 0 atom stereocenters. The van der Waals surface area contributed by atoms with E-state index in [1.54, 1.807) is 30.3 Å². The van der Waals surface area contributed by atoms with Crippen molar-refractivity contribution in [3.8, 4) is 5.75 Å². The molecule has 17 heavy (non-hydrogen) atoms. The van der Waals surface area contributed by atoms with Crippen molar-refractivity contribution >= 4 is 22.7 Å². The van der Waals surface area contributed by atoms with Crippen LogP contribution in [0, 0.1) is 6.92 Å². The minimum absolute atomic E-state index is 0.248. The Labute approximate surface area is 99.9 Å². The standard InChI is InChI=1S/C13H15N3O/c1-8-6-10(17)3-5-12(8)16-13-4-2-9(14)7-11(13)15/h2-7,16-17H,14-15H2,1H3. The molecule has 6 N–H and O–H groups in total. The molecule has 0 bridgehead atoms. The summed E-state index contributed by atoms with van der Waals surface area (Å²) in [6.45, 7) is 1.91. The zero-order chi connectivity index (χ0) is 12.4. The molecule has 2 aromatic carbocycles. The predicted octanol–water partition coefficient (Wildman–Crippen LogP) is 2.61. The minimum atomic E-state index is 0.248. The van der Waals surface area contributed by atoms with Crippen LogP contribution >= 0.6 is 0 Å². The predicted molar refractivity (Wildman–Crippen MR) is 71.4 cm³/mol. The zero-order valence-electron chi connectivity index (χ0n) is 9.57. The second-order valence-corrected chi connectivity index (χ2v) is 3.97. The fourth-order valence-electron chi connectivity index (χ4n) is 1.63. The summed E-state index contributed by atoms with van der Waals surface area (Å²) < 4.78 is 0. The quantitative estimate of drug-likeness (QED) is 0.471. The second-order valence-electron chi connectivity index (χ2n) is 3.97. The number of nitrogens with one attached hydrogen (secondary N) is 1. The molecule has 4 nitrogen and oxygen atoms in total. The van der Waals surface area contributed by atoms with E-state index >= 15 is 0 Å². The highest BCUT2D eigenvalue weighted by Gasteiger charge is 2.03. The molecule has 2 aromatic rings. The highest BCUT2D eigenvalue weighted by Crippen LogP contribution is 2.28. The molecular formula is C13H15N3O. The molecule has 0 saturated heterocycles. The second kappa shape index (κ2) is 4.25. The summed E-state index contributed by atoms with van der Waals surface area (Å²) in [5.41, 5.74) is 15.4. The van der Waals surface area contributed by atoms with E-state index in [1.807, 2.05) is 13.0 Å². The third-order valence-corrected chi connectivity index (χ3v) is 2.55. The van der Waals surface area contributed by atoms with Crippen molar-refractivity contribution in [2.24, 2.45) is 0 Å². The Bertz CT molecular complexity index is 503. The molecule has 0 aliphatic rings. The first-order chi connectivity index (χ1) is 8.06. The van der Waals surface area contributed by atoms with Crippen LogP contribution in [0.15, 0.2) is 36.4 Å². The van der Waals surface area contributed by atoms with Crippen LogP contribution in [0.1, 0.15) is 5.56 Å². The van der Waals surface area contributed by atoms with Gasteiger partial charge in [-0.3, -0.25) is 0 Å². The van der Waals surface area contributed by atoms with E-state index < -0.39 is 0 Å². The molecule has 0 saturated carbocycles. The summed E-state index contributed by atoms with van der Waals surface area (Å²) in [5, 5.41) is 12.5. The summed E-state index contributed by atoms with van der Waals surface area (Å²) in [7, 11) is 0. The molecule has 0 aromatic heterocycles. The molecule has 2 rings (SSSR count). The van der Waals surface area contributed by atoms with Gasteiger partial charge in [-0.1, -0.05) is 0 Å². The number of hydrogen-bond donors (Lipinski definition) is 4. The number of phenols is 1. The van der Waals surface area contributed by atoms with Gasteiger partial charge in [-0.25, -0.2) is 0 Å². The van der Waals surface area contributed by atoms with Crippen molar-refractivity contribution in [3.05, 3.63) is 42.0 Å². The number of rotatable bonds is 2. The average Bonchev–Trinajstić information content (AvgIpc) is 2.25. The maximum atomic E-state index is 9.33. The summed E-state index contributed by atoms with van der Waals surface area (Å²) in [6.07, 6.45) is 0. The van der Waals surface area contributed by atoms with E-state index in [1.165, 1.54) is 0 Å². The normalized spacial score (nSPS) is 10.2. The van der Waals surface area contributed by atoms with E-state index in [0.29, 0.717) is 11.4 Å². The van der Waals surface area contributed by atoms with Crippen LogP contribution in [0.4, 0.5) is 22.7 Å². The van der Waals surface area contributed by atoms with Gasteiger partial charge >= 0.3 is 0 Å². The van der Waals surface area contributed by atoms with Gasteiger partial charge in [-0.05, 0) is 48.9 Å². The Morgan fingerprint density at radius 1 is 1.00 bits per heavy atom. The van der Waals surface area contributed by atoms with Gasteiger partial charge in [0.05, 0.1) is 11.4 Å². The van der Waals surface area contributed by atoms with Crippen molar-refractivity contribution in [1.82, 2.24) is 0 Å². The Hall–Kier alpha value is -2.36. The van der Waals surface area contributed by atoms with Gasteiger partial charge in [0.15, 0.2) is 0 Å². The van der Waals surface area contributed by atoms with E-state index in [0.717, 1.165) is 16.9 Å². The highest BCUT2D eigenvalue weighted by molar-refractivity contribution is 5.76. The Morgan fingerprint density at radius 3 is 2.35 bits per heavy atom. The van der Waals surface area contributed by atoms with Gasteiger partial charge in [0, 0.05) is 11.4 Å². The van der Waals surface area contributed by atoms with Crippen molar-refractivity contribution < 1.29 is 5.11 Å². The number of anilines is 4. The number of nitrogen functional groups attached to an aromatic ring is 2. The molecule has 0 heterocycles. The van der Waals surface area contributed by atoms with Crippen LogP contribution in [-0.2, 0) is 0 Å². The topological polar surface area (TPSA) is 84.3 Å². The lowest BCUT2D eigenvalue weighted by Gasteiger charge is -2.12. The number of phenolic OH excluding ortho intramolecular Hbond substituents is 1. The number of nitrogens with two attached hydrogens (primary N) is 2. The molecule has 0 radical (unpaired) electrons. The fourth-order valence-corrected chi connectivity index (χ4v) is 1.63. The first kappa shape index (κ1) is 11.1. The van der Waals surface area contributed by atoms with Gasteiger partial charge in [-0.2, -0.15) is 0 Å². The molecule has 0 spiro atoms. The number of hydrogen-bond acceptors (Lipinski definition) is 4. The van der Waals surface area contributed by atoms with Crippen molar-refractivity contribution in [2.45, 2.75) is 6.92 Å². The SMILES string of the molecule is Cc1cc(O)ccc1Nc1ccc(N)cc1N. The largest absolute Gasteiger partial charge is 0.508 e. The molecular weight excluding hydrogens is 214 g/mol. The lowest BCUT2D eigenvalue weighted by molar-refractivity contribution is 0.475. The molecule has 4 heteroatoms. The van der Waals surface area contributed by atoms with Crippen LogP contribution in [0.25, 0.3) is 0 Å². The third-order valence-electron chi connectivity index (χ3n) is 2.55. The number of aromatic hydroxyl groups is 1. The first-order valence-corrected chi connectivity index (χ1v) is 5.28. The monoisotopic (exact) mass is 229 g/mol.